The highest BCUT2D eigenvalue weighted by Crippen LogP contribution is 2.23. The molecule has 2 heteroatoms. The van der Waals surface area contributed by atoms with Crippen LogP contribution in [-0.2, 0) is 11.3 Å². The minimum atomic E-state index is 0.758. The molecule has 0 N–H and O–H groups in total. The van der Waals surface area contributed by atoms with E-state index in [1.54, 1.807) is 0 Å². The zero-order valence-corrected chi connectivity index (χ0v) is 12.6. The molecule has 1 heterocycles. The molecule has 1 unspecified atom stereocenters. The number of rotatable bonds is 5. The summed E-state index contributed by atoms with van der Waals surface area (Å²) in [7, 11) is 0. The molecule has 1 saturated heterocycles. The number of quaternary nitrogens is 1. The molecule has 0 aliphatic carbocycles. The van der Waals surface area contributed by atoms with Gasteiger partial charge >= 0.3 is 0 Å². The first-order chi connectivity index (χ1) is 9.11. The van der Waals surface area contributed by atoms with Crippen molar-refractivity contribution >= 4 is 0 Å². The zero-order chi connectivity index (χ0) is 13.7. The molecule has 0 saturated carbocycles. The summed E-state index contributed by atoms with van der Waals surface area (Å²) in [6.07, 6.45) is 0. The Morgan fingerprint density at radius 2 is 1.68 bits per heavy atom. The lowest BCUT2D eigenvalue weighted by atomic mass is 9.95. The first-order valence-corrected chi connectivity index (χ1v) is 7.58. The molecule has 1 aromatic rings. The van der Waals surface area contributed by atoms with E-state index in [1.807, 2.05) is 0 Å². The number of hydrogen-bond donors (Lipinski definition) is 0. The van der Waals surface area contributed by atoms with Gasteiger partial charge in [0.15, 0.2) is 0 Å². The molecule has 0 amide bonds. The van der Waals surface area contributed by atoms with Crippen LogP contribution in [-0.4, -0.2) is 37.3 Å². The van der Waals surface area contributed by atoms with Crippen molar-refractivity contribution in [2.24, 2.45) is 11.8 Å². The summed E-state index contributed by atoms with van der Waals surface area (Å²) < 4.78 is 6.79. The van der Waals surface area contributed by atoms with Gasteiger partial charge in [0.2, 0.25) is 0 Å². The standard InChI is InChI=1S/C17H28NO/c1-15(2)16(3)13-18(9-11-19-12-10-18)14-17-7-5-4-6-8-17/h4-8,15-16H,9-14H2,1-3H3/q+1. The predicted octanol–water partition coefficient (Wildman–Crippen LogP) is 3.33. The third-order valence-corrected chi connectivity index (χ3v) is 4.59. The molecule has 0 radical (unpaired) electrons. The molecule has 1 aliphatic heterocycles. The van der Waals surface area contributed by atoms with Crippen LogP contribution in [0.25, 0.3) is 0 Å². The Labute approximate surface area is 118 Å². The van der Waals surface area contributed by atoms with E-state index in [1.165, 1.54) is 16.6 Å². The predicted molar refractivity (Wildman–Crippen MR) is 79.8 cm³/mol. The van der Waals surface area contributed by atoms with Crippen LogP contribution in [0.15, 0.2) is 30.3 Å². The Hall–Kier alpha value is -0.860. The zero-order valence-electron chi connectivity index (χ0n) is 12.6. The summed E-state index contributed by atoms with van der Waals surface area (Å²) >= 11 is 0. The quantitative estimate of drug-likeness (QED) is 0.740. The fraction of sp³-hybridized carbons (Fsp3) is 0.647. The molecule has 1 fully saturated rings. The Balaban J connectivity index is 2.10. The first kappa shape index (κ1) is 14.5. The molecule has 0 aromatic heterocycles. The second-order valence-corrected chi connectivity index (χ2v) is 6.45. The number of nitrogens with zero attached hydrogens (tertiary/aromatic N) is 1. The van der Waals surface area contributed by atoms with Crippen LogP contribution in [0.1, 0.15) is 26.3 Å². The molecule has 106 valence electrons. The second-order valence-electron chi connectivity index (χ2n) is 6.45. The first-order valence-electron chi connectivity index (χ1n) is 7.58. The van der Waals surface area contributed by atoms with Crippen molar-refractivity contribution in [1.82, 2.24) is 0 Å². The van der Waals surface area contributed by atoms with Crippen molar-refractivity contribution in [2.75, 3.05) is 32.8 Å². The van der Waals surface area contributed by atoms with Crippen molar-refractivity contribution in [3.8, 4) is 0 Å². The average Bonchev–Trinajstić information content (AvgIpc) is 2.40. The topological polar surface area (TPSA) is 9.23 Å². The van der Waals surface area contributed by atoms with Crippen molar-refractivity contribution in [1.29, 1.82) is 0 Å². The fourth-order valence-electron chi connectivity index (χ4n) is 2.93. The van der Waals surface area contributed by atoms with E-state index in [4.69, 9.17) is 4.74 Å². The Bertz CT molecular complexity index is 368. The molecule has 0 bridgehead atoms. The molecule has 1 aromatic carbocycles. The lowest BCUT2D eigenvalue weighted by Gasteiger charge is -2.43. The maximum absolute atomic E-state index is 5.59. The van der Waals surface area contributed by atoms with Crippen LogP contribution in [0.4, 0.5) is 0 Å². The smallest absolute Gasteiger partial charge is 0.104 e. The van der Waals surface area contributed by atoms with E-state index in [2.05, 4.69) is 51.1 Å². The van der Waals surface area contributed by atoms with E-state index in [-0.39, 0.29) is 0 Å². The summed E-state index contributed by atoms with van der Waals surface area (Å²) in [5, 5.41) is 0. The second kappa shape index (κ2) is 6.53. The van der Waals surface area contributed by atoms with E-state index >= 15 is 0 Å². The monoisotopic (exact) mass is 262 g/mol. The third-order valence-electron chi connectivity index (χ3n) is 4.59. The van der Waals surface area contributed by atoms with E-state index in [0.29, 0.717) is 0 Å². The van der Waals surface area contributed by atoms with Crippen molar-refractivity contribution in [3.05, 3.63) is 35.9 Å². The summed E-state index contributed by atoms with van der Waals surface area (Å²) in [5.41, 5.74) is 1.46. The summed E-state index contributed by atoms with van der Waals surface area (Å²) in [5.74, 6) is 1.52. The summed E-state index contributed by atoms with van der Waals surface area (Å²) in [6, 6.07) is 10.9. The highest BCUT2D eigenvalue weighted by Gasteiger charge is 2.33. The fourth-order valence-corrected chi connectivity index (χ4v) is 2.93. The van der Waals surface area contributed by atoms with Gasteiger partial charge in [-0.2, -0.15) is 0 Å². The molecule has 0 spiro atoms. The SMILES string of the molecule is CC(C)C(C)C[N+]1(Cc2ccccc2)CCOCC1. The number of hydrogen-bond acceptors (Lipinski definition) is 1. The van der Waals surface area contributed by atoms with Crippen molar-refractivity contribution in [2.45, 2.75) is 27.3 Å². The van der Waals surface area contributed by atoms with Crippen LogP contribution in [0.5, 0.6) is 0 Å². The van der Waals surface area contributed by atoms with Crippen LogP contribution in [0.2, 0.25) is 0 Å². The number of morpholine rings is 1. The van der Waals surface area contributed by atoms with Crippen LogP contribution in [0, 0.1) is 11.8 Å². The van der Waals surface area contributed by atoms with Crippen LogP contribution < -0.4 is 0 Å². The number of ether oxygens (including phenoxy) is 1. The Morgan fingerprint density at radius 3 is 2.26 bits per heavy atom. The van der Waals surface area contributed by atoms with Gasteiger partial charge in [-0.25, -0.2) is 0 Å². The van der Waals surface area contributed by atoms with Gasteiger partial charge in [-0.15, -0.1) is 0 Å². The normalized spacial score (nSPS) is 20.4. The molecular weight excluding hydrogens is 234 g/mol. The van der Waals surface area contributed by atoms with Gasteiger partial charge in [-0.3, -0.25) is 0 Å². The van der Waals surface area contributed by atoms with Crippen LogP contribution in [0.3, 0.4) is 0 Å². The van der Waals surface area contributed by atoms with E-state index in [0.717, 1.165) is 44.7 Å². The Morgan fingerprint density at radius 1 is 1.05 bits per heavy atom. The maximum atomic E-state index is 5.59. The summed E-state index contributed by atoms with van der Waals surface area (Å²) in [6.45, 7) is 13.6. The average molecular weight is 262 g/mol. The molecule has 19 heavy (non-hydrogen) atoms. The highest BCUT2D eigenvalue weighted by atomic mass is 16.5. The molecule has 2 rings (SSSR count). The Kier molecular flexibility index (Phi) is 5.00. The van der Waals surface area contributed by atoms with Crippen molar-refractivity contribution < 1.29 is 9.22 Å². The van der Waals surface area contributed by atoms with Gasteiger partial charge in [-0.05, 0) is 5.92 Å². The minimum absolute atomic E-state index is 0.758. The highest BCUT2D eigenvalue weighted by molar-refractivity contribution is 5.13. The van der Waals surface area contributed by atoms with Gasteiger partial charge in [0, 0.05) is 11.5 Å². The van der Waals surface area contributed by atoms with Gasteiger partial charge < -0.3 is 9.22 Å². The summed E-state index contributed by atoms with van der Waals surface area (Å²) in [4.78, 5) is 0. The minimum Gasteiger partial charge on any atom is -0.370 e. The van der Waals surface area contributed by atoms with Crippen LogP contribution >= 0.6 is 0 Å². The molecule has 1 atom stereocenters. The van der Waals surface area contributed by atoms with Gasteiger partial charge in [0.25, 0.3) is 0 Å². The van der Waals surface area contributed by atoms with E-state index in [9.17, 15) is 0 Å². The lowest BCUT2D eigenvalue weighted by Crippen LogP contribution is -2.56. The molecular formula is C17H28NO+. The lowest BCUT2D eigenvalue weighted by molar-refractivity contribution is -0.950. The molecule has 2 nitrogen and oxygen atoms in total. The van der Waals surface area contributed by atoms with Gasteiger partial charge in [0.05, 0.1) is 19.8 Å². The third kappa shape index (κ3) is 4.05. The van der Waals surface area contributed by atoms with Gasteiger partial charge in [0.1, 0.15) is 19.6 Å². The van der Waals surface area contributed by atoms with E-state index < -0.39 is 0 Å². The van der Waals surface area contributed by atoms with Gasteiger partial charge in [-0.1, -0.05) is 51.1 Å². The van der Waals surface area contributed by atoms with Crippen molar-refractivity contribution in [3.63, 3.8) is 0 Å². The number of benzene rings is 1. The largest absolute Gasteiger partial charge is 0.370 e. The molecule has 1 aliphatic rings. The maximum Gasteiger partial charge on any atom is 0.104 e.